The lowest BCUT2D eigenvalue weighted by Crippen LogP contribution is -2.48. The third-order valence-corrected chi connectivity index (χ3v) is 8.78. The van der Waals surface area contributed by atoms with Crippen molar-refractivity contribution in [3.05, 3.63) is 72.6 Å². The fraction of sp³-hybridized carbons (Fsp3) is 0.394. The van der Waals surface area contributed by atoms with Gasteiger partial charge in [-0.2, -0.15) is 0 Å². The minimum Gasteiger partial charge on any atom is -0.347 e. The maximum Gasteiger partial charge on any atom is 0.246 e. The van der Waals surface area contributed by atoms with Gasteiger partial charge in [-0.15, -0.1) is 0 Å². The molecule has 42 heavy (non-hydrogen) atoms. The summed E-state index contributed by atoms with van der Waals surface area (Å²) in [6.07, 6.45) is 8.51. The zero-order chi connectivity index (χ0) is 29.2. The molecule has 2 aliphatic rings. The third kappa shape index (κ3) is 5.48. The molecular weight excluding hydrogens is 526 g/mol. The van der Waals surface area contributed by atoms with Gasteiger partial charge in [0, 0.05) is 6.54 Å². The summed E-state index contributed by atoms with van der Waals surface area (Å²) >= 11 is 0. The Morgan fingerprint density at radius 3 is 1.83 bits per heavy atom. The Hall–Kier alpha value is -4.24. The molecule has 2 aliphatic heterocycles. The maximum absolute atomic E-state index is 13.2. The van der Waals surface area contributed by atoms with Gasteiger partial charge in [-0.05, 0) is 67.4 Å². The second kappa shape index (κ2) is 11.9. The van der Waals surface area contributed by atoms with Crippen LogP contribution in [0.5, 0.6) is 0 Å². The number of likely N-dealkylation sites (tertiary alicyclic amines) is 2. The summed E-state index contributed by atoms with van der Waals surface area (Å²) in [5.41, 5.74) is 6.41. The van der Waals surface area contributed by atoms with Crippen LogP contribution in [0.3, 0.4) is 0 Å². The minimum absolute atomic E-state index is 0.00744. The van der Waals surface area contributed by atoms with Crippen LogP contribution in [-0.2, 0) is 9.59 Å². The van der Waals surface area contributed by atoms with E-state index in [0.29, 0.717) is 19.0 Å². The molecule has 2 aromatic heterocycles. The molecule has 3 N–H and O–H groups in total. The van der Waals surface area contributed by atoms with Crippen LogP contribution in [0.1, 0.15) is 63.3 Å². The highest BCUT2D eigenvalue weighted by molar-refractivity contribution is 5.84. The molecule has 2 amide bonds. The topological polar surface area (TPSA) is 110 Å². The molecule has 2 aromatic carbocycles. The summed E-state index contributed by atoms with van der Waals surface area (Å²) < 4.78 is 0. The Bertz CT molecular complexity index is 1520. The van der Waals surface area contributed by atoms with Crippen LogP contribution in [0.4, 0.5) is 0 Å². The number of benzene rings is 2. The van der Waals surface area contributed by atoms with Crippen molar-refractivity contribution in [1.29, 1.82) is 0 Å². The van der Waals surface area contributed by atoms with Crippen molar-refractivity contribution in [3.8, 4) is 33.6 Å². The first kappa shape index (κ1) is 27.9. The fourth-order valence-electron chi connectivity index (χ4n) is 6.36. The maximum atomic E-state index is 13.2. The molecule has 6 rings (SSSR count). The monoisotopic (exact) mass is 565 g/mol. The predicted molar refractivity (Wildman–Crippen MR) is 163 cm³/mol. The first-order valence-corrected chi connectivity index (χ1v) is 14.9. The van der Waals surface area contributed by atoms with E-state index in [2.05, 4.69) is 85.7 Å². The fourth-order valence-corrected chi connectivity index (χ4v) is 6.36. The van der Waals surface area contributed by atoms with E-state index in [1.54, 1.807) is 0 Å². The molecule has 9 nitrogen and oxygen atoms in total. The lowest BCUT2D eigenvalue weighted by molar-refractivity contribution is -0.137. The standard InChI is InChI=1S/C33H39N7O2/c1-21(2)30(36-20-41)33(42)40-17-5-7-29(40)32-35-19-27(38-32)25-14-10-23(11-15-25)22-8-12-24(13-9-22)26-18-34-31(37-26)28-6-4-16-39(28)3/h8-15,18-21,28-30H,4-7,16-17H2,1-3H3,(H,34,37)(H,35,38)(H,36,41)/t28-,29-,30?/m0/s1. The number of nitrogens with zero attached hydrogens (tertiary/aromatic N) is 4. The molecule has 0 radical (unpaired) electrons. The van der Waals surface area contributed by atoms with Gasteiger partial charge in [-0.25, -0.2) is 9.97 Å². The number of hydrogen-bond donors (Lipinski definition) is 3. The number of aromatic amines is 2. The van der Waals surface area contributed by atoms with Gasteiger partial charge in [0.25, 0.3) is 0 Å². The Balaban J connectivity index is 1.13. The summed E-state index contributed by atoms with van der Waals surface area (Å²) in [6.45, 7) is 5.67. The normalized spacial score (nSPS) is 19.9. The van der Waals surface area contributed by atoms with Crippen LogP contribution in [-0.4, -0.2) is 68.2 Å². The Morgan fingerprint density at radius 1 is 0.833 bits per heavy atom. The largest absolute Gasteiger partial charge is 0.347 e. The minimum atomic E-state index is -0.532. The molecule has 4 heterocycles. The van der Waals surface area contributed by atoms with Crippen molar-refractivity contribution in [2.45, 2.75) is 57.7 Å². The Labute approximate surface area is 246 Å². The SMILES string of the molecule is CC(C)C(NC=O)C(=O)N1CCC[C@H]1c1ncc(-c2ccc(-c3ccc(-c4cnc([C@@H]5CCCN5C)[nH]4)cc3)cc2)[nH]1. The highest BCUT2D eigenvalue weighted by Gasteiger charge is 2.36. The molecule has 3 atom stereocenters. The summed E-state index contributed by atoms with van der Waals surface area (Å²) in [5, 5.41) is 2.70. The number of carbonyl (C=O) groups is 2. The van der Waals surface area contributed by atoms with Crippen LogP contribution in [0.15, 0.2) is 60.9 Å². The predicted octanol–water partition coefficient (Wildman–Crippen LogP) is 5.33. The van der Waals surface area contributed by atoms with Gasteiger partial charge < -0.3 is 20.2 Å². The van der Waals surface area contributed by atoms with Crippen molar-refractivity contribution in [1.82, 2.24) is 35.1 Å². The zero-order valence-electron chi connectivity index (χ0n) is 24.5. The molecule has 0 spiro atoms. The van der Waals surface area contributed by atoms with E-state index in [4.69, 9.17) is 0 Å². The van der Waals surface area contributed by atoms with Crippen LogP contribution < -0.4 is 5.32 Å². The molecule has 0 bridgehead atoms. The van der Waals surface area contributed by atoms with Crippen molar-refractivity contribution >= 4 is 12.3 Å². The summed E-state index contributed by atoms with van der Waals surface area (Å²) in [5.74, 6) is 1.79. The van der Waals surface area contributed by atoms with E-state index in [9.17, 15) is 9.59 Å². The number of H-pyrrole nitrogens is 2. The van der Waals surface area contributed by atoms with Gasteiger partial charge in [-0.1, -0.05) is 62.4 Å². The van der Waals surface area contributed by atoms with Gasteiger partial charge in [0.1, 0.15) is 17.7 Å². The number of amides is 2. The van der Waals surface area contributed by atoms with Crippen molar-refractivity contribution < 1.29 is 9.59 Å². The zero-order valence-corrected chi connectivity index (χ0v) is 24.5. The molecule has 0 saturated carbocycles. The number of imidazole rings is 2. The Morgan fingerprint density at radius 2 is 1.33 bits per heavy atom. The lowest BCUT2D eigenvalue weighted by Gasteiger charge is -2.29. The summed E-state index contributed by atoms with van der Waals surface area (Å²) in [6, 6.07) is 16.8. The molecule has 1 unspecified atom stereocenters. The molecule has 4 aromatic rings. The van der Waals surface area contributed by atoms with Crippen molar-refractivity contribution in [2.24, 2.45) is 5.92 Å². The summed E-state index contributed by atoms with van der Waals surface area (Å²) in [7, 11) is 2.16. The van der Waals surface area contributed by atoms with Gasteiger partial charge in [0.2, 0.25) is 12.3 Å². The van der Waals surface area contributed by atoms with Crippen LogP contribution in [0.25, 0.3) is 33.6 Å². The second-order valence-electron chi connectivity index (χ2n) is 11.9. The molecular formula is C33H39N7O2. The van der Waals surface area contributed by atoms with E-state index >= 15 is 0 Å². The lowest BCUT2D eigenvalue weighted by atomic mass is 10.0. The average Bonchev–Trinajstić information content (AvgIpc) is 3.82. The van der Waals surface area contributed by atoms with E-state index in [1.165, 1.54) is 6.42 Å². The highest BCUT2D eigenvalue weighted by Crippen LogP contribution is 2.34. The number of nitrogens with one attached hydrogen (secondary N) is 3. The Kier molecular flexibility index (Phi) is 7.93. The van der Waals surface area contributed by atoms with Gasteiger partial charge >= 0.3 is 0 Å². The molecule has 218 valence electrons. The number of rotatable bonds is 9. The first-order chi connectivity index (χ1) is 20.4. The van der Waals surface area contributed by atoms with E-state index in [-0.39, 0.29) is 17.9 Å². The van der Waals surface area contributed by atoms with Crippen molar-refractivity contribution in [3.63, 3.8) is 0 Å². The van der Waals surface area contributed by atoms with E-state index < -0.39 is 6.04 Å². The van der Waals surface area contributed by atoms with Crippen molar-refractivity contribution in [2.75, 3.05) is 20.1 Å². The highest BCUT2D eigenvalue weighted by atomic mass is 16.2. The van der Waals surface area contributed by atoms with Crippen LogP contribution >= 0.6 is 0 Å². The average molecular weight is 566 g/mol. The summed E-state index contributed by atoms with van der Waals surface area (Å²) in [4.78, 5) is 44.9. The van der Waals surface area contributed by atoms with Crippen LogP contribution in [0.2, 0.25) is 0 Å². The van der Waals surface area contributed by atoms with Gasteiger partial charge in [0.15, 0.2) is 0 Å². The van der Waals surface area contributed by atoms with Crippen LogP contribution in [0, 0.1) is 5.92 Å². The number of carbonyl (C=O) groups excluding carboxylic acids is 2. The molecule has 2 fully saturated rings. The van der Waals surface area contributed by atoms with E-state index in [1.807, 2.05) is 31.1 Å². The first-order valence-electron chi connectivity index (χ1n) is 14.9. The smallest absolute Gasteiger partial charge is 0.246 e. The van der Waals surface area contributed by atoms with Gasteiger partial charge in [0.05, 0.1) is 35.9 Å². The number of hydrogen-bond acceptors (Lipinski definition) is 5. The second-order valence-corrected chi connectivity index (χ2v) is 11.9. The molecule has 0 aliphatic carbocycles. The number of aromatic nitrogens is 4. The third-order valence-electron chi connectivity index (χ3n) is 8.78. The molecule has 2 saturated heterocycles. The molecule has 9 heteroatoms. The quantitative estimate of drug-likeness (QED) is 0.238. The van der Waals surface area contributed by atoms with E-state index in [0.717, 1.165) is 71.1 Å². The van der Waals surface area contributed by atoms with Gasteiger partial charge in [-0.3, -0.25) is 14.5 Å².